The van der Waals surface area contributed by atoms with Crippen LogP contribution in [0, 0.1) is 17.8 Å². The highest BCUT2D eigenvalue weighted by Crippen LogP contribution is 2.43. The molecule has 3 atom stereocenters. The number of esters is 1. The van der Waals surface area contributed by atoms with E-state index in [1.807, 2.05) is 0 Å². The van der Waals surface area contributed by atoms with Gasteiger partial charge in [-0.25, -0.2) is 0 Å². The Kier molecular flexibility index (Phi) is 4.28. The van der Waals surface area contributed by atoms with Crippen LogP contribution in [0.15, 0.2) is 36.4 Å². The third-order valence-corrected chi connectivity index (χ3v) is 4.50. The van der Waals surface area contributed by atoms with Gasteiger partial charge in [-0.05, 0) is 55.9 Å². The maximum Gasteiger partial charge on any atom is 0.310 e. The Morgan fingerprint density at radius 2 is 1.87 bits per heavy atom. The molecule has 2 aliphatic carbocycles. The van der Waals surface area contributed by atoms with Gasteiger partial charge >= 0.3 is 5.97 Å². The Hall–Kier alpha value is -2.43. The van der Waals surface area contributed by atoms with Crippen molar-refractivity contribution < 1.29 is 19.1 Å². The van der Waals surface area contributed by atoms with E-state index >= 15 is 0 Å². The molecule has 2 aliphatic rings. The van der Waals surface area contributed by atoms with Gasteiger partial charge in [0.05, 0.1) is 5.92 Å². The highest BCUT2D eigenvalue weighted by Gasteiger charge is 2.40. The van der Waals surface area contributed by atoms with Crippen molar-refractivity contribution in [2.24, 2.45) is 17.8 Å². The van der Waals surface area contributed by atoms with E-state index in [-0.39, 0.29) is 36.1 Å². The molecule has 5 nitrogen and oxygen atoms in total. The third-order valence-electron chi connectivity index (χ3n) is 4.50. The lowest BCUT2D eigenvalue weighted by Gasteiger charge is -2.16. The van der Waals surface area contributed by atoms with E-state index in [4.69, 9.17) is 4.74 Å². The lowest BCUT2D eigenvalue weighted by atomic mass is 9.94. The second-order valence-electron chi connectivity index (χ2n) is 6.18. The van der Waals surface area contributed by atoms with Crippen LogP contribution in [0.3, 0.4) is 0 Å². The third kappa shape index (κ3) is 3.50. The van der Waals surface area contributed by atoms with Crippen LogP contribution in [0.5, 0.6) is 0 Å². The fourth-order valence-corrected chi connectivity index (χ4v) is 3.28. The summed E-state index contributed by atoms with van der Waals surface area (Å²) in [6, 6.07) is 6.59. The maximum atomic E-state index is 12.0. The Bertz CT molecular complexity index is 662. The predicted molar refractivity (Wildman–Crippen MR) is 84.9 cm³/mol. The monoisotopic (exact) mass is 313 g/mol. The van der Waals surface area contributed by atoms with E-state index in [0.29, 0.717) is 17.2 Å². The van der Waals surface area contributed by atoms with Crippen LogP contribution in [0.1, 0.15) is 30.1 Å². The number of allylic oxidation sites excluding steroid dienone is 2. The van der Waals surface area contributed by atoms with Crippen LogP contribution >= 0.6 is 0 Å². The van der Waals surface area contributed by atoms with Crippen molar-refractivity contribution in [3.63, 3.8) is 0 Å². The van der Waals surface area contributed by atoms with E-state index in [1.54, 1.807) is 24.3 Å². The molecule has 1 fully saturated rings. The van der Waals surface area contributed by atoms with Crippen molar-refractivity contribution in [1.29, 1.82) is 0 Å². The number of carbonyl (C=O) groups excluding carboxylic acids is 3. The van der Waals surface area contributed by atoms with Crippen LogP contribution in [0.4, 0.5) is 5.69 Å². The Morgan fingerprint density at radius 1 is 1.13 bits per heavy atom. The topological polar surface area (TPSA) is 72.5 Å². The first-order chi connectivity index (χ1) is 11.0. The maximum absolute atomic E-state index is 12.0. The van der Waals surface area contributed by atoms with E-state index in [2.05, 4.69) is 17.5 Å². The zero-order chi connectivity index (χ0) is 16.4. The number of hydrogen-bond acceptors (Lipinski definition) is 4. The number of Topliss-reactive ketones (excluding diaryl/α,β-unsaturated/α-hetero) is 1. The SMILES string of the molecule is CC(=O)c1ccc(NC(=O)COC(=O)[C@H]2C[C@H]3C=C[C@H]2C3)cc1. The van der Waals surface area contributed by atoms with Gasteiger partial charge in [-0.3, -0.25) is 14.4 Å². The smallest absolute Gasteiger partial charge is 0.310 e. The molecule has 1 aromatic rings. The van der Waals surface area contributed by atoms with Crippen LogP contribution in [0.25, 0.3) is 0 Å². The molecule has 3 rings (SSSR count). The van der Waals surface area contributed by atoms with Gasteiger partial charge in [-0.2, -0.15) is 0 Å². The van der Waals surface area contributed by atoms with E-state index in [0.717, 1.165) is 12.8 Å². The molecule has 120 valence electrons. The quantitative estimate of drug-likeness (QED) is 0.515. The van der Waals surface area contributed by atoms with E-state index in [9.17, 15) is 14.4 Å². The molecule has 23 heavy (non-hydrogen) atoms. The average Bonchev–Trinajstić information content (AvgIpc) is 3.16. The number of nitrogens with one attached hydrogen (secondary N) is 1. The van der Waals surface area contributed by atoms with E-state index in [1.165, 1.54) is 6.92 Å². The Labute approximate surface area is 134 Å². The summed E-state index contributed by atoms with van der Waals surface area (Å²) in [4.78, 5) is 35.1. The average molecular weight is 313 g/mol. The van der Waals surface area contributed by atoms with Crippen molar-refractivity contribution in [2.75, 3.05) is 11.9 Å². The molecule has 1 saturated carbocycles. The first kappa shape index (κ1) is 15.5. The highest BCUT2D eigenvalue weighted by molar-refractivity contribution is 5.96. The van der Waals surface area contributed by atoms with Gasteiger partial charge in [0.1, 0.15) is 0 Å². The summed E-state index contributed by atoms with van der Waals surface area (Å²) in [7, 11) is 0. The zero-order valence-corrected chi connectivity index (χ0v) is 13.0. The molecule has 0 heterocycles. The normalized spacial score (nSPS) is 24.5. The van der Waals surface area contributed by atoms with Gasteiger partial charge in [0.25, 0.3) is 5.91 Å². The summed E-state index contributed by atoms with van der Waals surface area (Å²) in [6.45, 7) is 1.20. The molecule has 2 bridgehead atoms. The van der Waals surface area contributed by atoms with Crippen molar-refractivity contribution in [2.45, 2.75) is 19.8 Å². The molecular formula is C18H19NO4. The molecular weight excluding hydrogens is 294 g/mol. The fourth-order valence-electron chi connectivity index (χ4n) is 3.28. The van der Waals surface area contributed by atoms with Crippen molar-refractivity contribution in [3.8, 4) is 0 Å². The molecule has 0 radical (unpaired) electrons. The highest BCUT2D eigenvalue weighted by atomic mass is 16.5. The minimum Gasteiger partial charge on any atom is -0.455 e. The van der Waals surface area contributed by atoms with Crippen molar-refractivity contribution in [1.82, 2.24) is 0 Å². The first-order valence-electron chi connectivity index (χ1n) is 7.79. The summed E-state index contributed by atoms with van der Waals surface area (Å²) in [6.07, 6.45) is 6.09. The predicted octanol–water partition coefficient (Wildman–Crippen LogP) is 2.58. The minimum atomic E-state index is -0.382. The summed E-state index contributed by atoms with van der Waals surface area (Å²) < 4.78 is 5.14. The second-order valence-corrected chi connectivity index (χ2v) is 6.18. The first-order valence-corrected chi connectivity index (χ1v) is 7.79. The summed E-state index contributed by atoms with van der Waals surface area (Å²) in [5.41, 5.74) is 1.15. The lowest BCUT2D eigenvalue weighted by Crippen LogP contribution is -2.26. The molecule has 0 aromatic heterocycles. The molecule has 0 aliphatic heterocycles. The Balaban J connectivity index is 1.47. The molecule has 0 spiro atoms. The molecule has 1 aromatic carbocycles. The zero-order valence-electron chi connectivity index (χ0n) is 13.0. The molecule has 0 unspecified atom stereocenters. The number of benzene rings is 1. The van der Waals surface area contributed by atoms with E-state index < -0.39 is 0 Å². The van der Waals surface area contributed by atoms with Crippen LogP contribution in [-0.2, 0) is 14.3 Å². The van der Waals surface area contributed by atoms with Gasteiger partial charge in [0.2, 0.25) is 0 Å². The number of rotatable bonds is 5. The van der Waals surface area contributed by atoms with Crippen LogP contribution in [0.2, 0.25) is 0 Å². The molecule has 1 N–H and O–H groups in total. The number of ketones is 1. The van der Waals surface area contributed by atoms with Crippen LogP contribution < -0.4 is 5.32 Å². The molecule has 1 amide bonds. The number of amides is 1. The lowest BCUT2D eigenvalue weighted by molar-refractivity contribution is -0.152. The number of ether oxygens (including phenoxy) is 1. The number of anilines is 1. The second kappa shape index (κ2) is 6.36. The summed E-state index contributed by atoms with van der Waals surface area (Å²) in [5.74, 6) is -0.0400. The van der Waals surface area contributed by atoms with Crippen molar-refractivity contribution >= 4 is 23.3 Å². The molecule has 0 saturated heterocycles. The number of carbonyl (C=O) groups is 3. The summed E-state index contributed by atoms with van der Waals surface area (Å²) >= 11 is 0. The standard InChI is InChI=1S/C18H19NO4/c1-11(20)13-4-6-15(7-5-13)19-17(21)10-23-18(22)16-9-12-2-3-14(16)8-12/h2-7,12,14,16H,8-10H2,1H3,(H,19,21)/t12-,14-,16-/m0/s1. The van der Waals surface area contributed by atoms with Gasteiger partial charge in [0.15, 0.2) is 12.4 Å². The number of fused-ring (bicyclic) bond motifs is 2. The van der Waals surface area contributed by atoms with Gasteiger partial charge in [-0.1, -0.05) is 12.2 Å². The van der Waals surface area contributed by atoms with Gasteiger partial charge < -0.3 is 10.1 Å². The summed E-state index contributed by atoms with van der Waals surface area (Å²) in [5, 5.41) is 2.65. The molecule has 5 heteroatoms. The van der Waals surface area contributed by atoms with Crippen molar-refractivity contribution in [3.05, 3.63) is 42.0 Å². The number of hydrogen-bond donors (Lipinski definition) is 1. The Morgan fingerprint density at radius 3 is 2.43 bits per heavy atom. The van der Waals surface area contributed by atoms with Gasteiger partial charge in [0, 0.05) is 11.3 Å². The fraction of sp³-hybridized carbons (Fsp3) is 0.389. The van der Waals surface area contributed by atoms with Crippen LogP contribution in [-0.4, -0.2) is 24.3 Å². The van der Waals surface area contributed by atoms with Gasteiger partial charge in [-0.15, -0.1) is 0 Å². The minimum absolute atomic E-state index is 0.0308. The largest absolute Gasteiger partial charge is 0.455 e.